The first-order chi connectivity index (χ1) is 13.1. The highest BCUT2D eigenvalue weighted by molar-refractivity contribution is 5.81. The van der Waals surface area contributed by atoms with Gasteiger partial charge in [0.1, 0.15) is 6.10 Å². The first-order valence-electron chi connectivity index (χ1n) is 10.2. The number of hydrogen-bond acceptors (Lipinski definition) is 4. The van der Waals surface area contributed by atoms with Gasteiger partial charge in [-0.15, -0.1) is 0 Å². The number of carbonyl (C=O) groups excluding carboxylic acids is 2. The summed E-state index contributed by atoms with van der Waals surface area (Å²) >= 11 is 0. The molecule has 6 nitrogen and oxygen atoms in total. The van der Waals surface area contributed by atoms with Crippen LogP contribution in [0, 0.1) is 23.2 Å². The molecule has 1 saturated heterocycles. The van der Waals surface area contributed by atoms with Gasteiger partial charge in [-0.25, -0.2) is 4.79 Å². The second-order valence-electron chi connectivity index (χ2n) is 9.07. The number of nitrogens with two attached hydrogens (primary N) is 1. The molecule has 4 bridgehead atoms. The second-order valence-corrected chi connectivity index (χ2v) is 9.07. The van der Waals surface area contributed by atoms with Gasteiger partial charge in [-0.1, -0.05) is 6.07 Å². The molecule has 1 aliphatic heterocycles. The first-order valence-corrected chi connectivity index (χ1v) is 10.2. The molecule has 6 heteroatoms. The van der Waals surface area contributed by atoms with Crippen molar-refractivity contribution in [2.24, 2.45) is 28.9 Å². The van der Waals surface area contributed by atoms with Gasteiger partial charge >= 0.3 is 6.09 Å². The summed E-state index contributed by atoms with van der Waals surface area (Å²) in [4.78, 5) is 31.4. The molecule has 144 valence electrons. The van der Waals surface area contributed by atoms with Crippen LogP contribution in [0.3, 0.4) is 0 Å². The molecule has 4 aliphatic carbocycles. The quantitative estimate of drug-likeness (QED) is 0.887. The largest absolute Gasteiger partial charge is 0.445 e. The standard InChI is InChI=1S/C21H27N3O3/c22-19(25)21-10-13-8-14(11-21)18(15(9-13)12-21)27-20(26)24-7-3-5-17(24)16-4-1-2-6-23-16/h1-2,4,6,13-15,17-18H,3,5,7-12H2,(H2,22,25). The minimum atomic E-state index is -0.344. The summed E-state index contributed by atoms with van der Waals surface area (Å²) in [6.07, 6.45) is 8.04. The minimum Gasteiger partial charge on any atom is -0.445 e. The predicted octanol–water partition coefficient (Wildman–Crippen LogP) is 3.04. The molecule has 2 N–H and O–H groups in total. The van der Waals surface area contributed by atoms with Crippen molar-refractivity contribution in [3.63, 3.8) is 0 Å². The fourth-order valence-corrected chi connectivity index (χ4v) is 6.52. The maximum atomic E-state index is 13.0. The molecular formula is C21H27N3O3. The molecule has 6 rings (SSSR count). The van der Waals surface area contributed by atoms with Crippen molar-refractivity contribution in [1.29, 1.82) is 0 Å². The van der Waals surface area contributed by atoms with Gasteiger partial charge in [0, 0.05) is 12.7 Å². The number of amides is 2. The van der Waals surface area contributed by atoms with Crippen LogP contribution in [0.25, 0.3) is 0 Å². The Balaban J connectivity index is 1.31. The van der Waals surface area contributed by atoms with Crippen molar-refractivity contribution in [2.75, 3.05) is 6.54 Å². The minimum absolute atomic E-state index is 0.00694. The molecule has 5 fully saturated rings. The van der Waals surface area contributed by atoms with Crippen LogP contribution in [0.4, 0.5) is 4.79 Å². The van der Waals surface area contributed by atoms with Gasteiger partial charge in [0.05, 0.1) is 17.2 Å². The Morgan fingerprint density at radius 1 is 1.19 bits per heavy atom. The summed E-state index contributed by atoms with van der Waals surface area (Å²) in [7, 11) is 0. The van der Waals surface area contributed by atoms with Crippen molar-refractivity contribution in [1.82, 2.24) is 9.88 Å². The number of pyridine rings is 1. The van der Waals surface area contributed by atoms with Crippen LogP contribution >= 0.6 is 0 Å². The molecule has 3 unspecified atom stereocenters. The van der Waals surface area contributed by atoms with Gasteiger partial charge in [0.15, 0.2) is 0 Å². The fraction of sp³-hybridized carbons (Fsp3) is 0.667. The summed E-state index contributed by atoms with van der Waals surface area (Å²) in [6.45, 7) is 0.718. The van der Waals surface area contributed by atoms with Crippen molar-refractivity contribution in [2.45, 2.75) is 57.1 Å². The molecule has 2 heterocycles. The SMILES string of the molecule is NC(=O)C12CC3CC(C1)C(OC(=O)N1CCCC1c1ccccn1)C(C3)C2. The monoisotopic (exact) mass is 369 g/mol. The van der Waals surface area contributed by atoms with Gasteiger partial charge in [-0.3, -0.25) is 14.7 Å². The molecule has 5 aliphatic rings. The van der Waals surface area contributed by atoms with Crippen LogP contribution in [0.5, 0.6) is 0 Å². The Morgan fingerprint density at radius 2 is 1.96 bits per heavy atom. The Kier molecular flexibility index (Phi) is 3.92. The Morgan fingerprint density at radius 3 is 2.63 bits per heavy atom. The number of likely N-dealkylation sites (tertiary alicyclic amines) is 1. The number of aromatic nitrogens is 1. The van der Waals surface area contributed by atoms with E-state index in [1.54, 1.807) is 6.20 Å². The highest BCUT2D eigenvalue weighted by Gasteiger charge is 2.59. The molecule has 1 aromatic heterocycles. The van der Waals surface area contributed by atoms with E-state index in [2.05, 4.69) is 4.98 Å². The van der Waals surface area contributed by atoms with Gasteiger partial charge < -0.3 is 10.5 Å². The Hall–Kier alpha value is -2.11. The van der Waals surface area contributed by atoms with Crippen LogP contribution in [-0.2, 0) is 9.53 Å². The van der Waals surface area contributed by atoms with Gasteiger partial charge in [0.25, 0.3) is 0 Å². The zero-order valence-corrected chi connectivity index (χ0v) is 15.5. The van der Waals surface area contributed by atoms with Crippen LogP contribution < -0.4 is 5.73 Å². The predicted molar refractivity (Wildman–Crippen MR) is 98.4 cm³/mol. The van der Waals surface area contributed by atoms with E-state index >= 15 is 0 Å². The molecule has 0 aromatic carbocycles. The maximum absolute atomic E-state index is 13.0. The maximum Gasteiger partial charge on any atom is 0.410 e. The van der Waals surface area contributed by atoms with E-state index in [1.165, 1.54) is 0 Å². The average Bonchev–Trinajstić information content (AvgIpc) is 3.14. The molecule has 4 saturated carbocycles. The van der Waals surface area contributed by atoms with Gasteiger partial charge in [-0.2, -0.15) is 0 Å². The molecule has 0 spiro atoms. The summed E-state index contributed by atoms with van der Waals surface area (Å²) in [6, 6.07) is 5.85. The van der Waals surface area contributed by atoms with Crippen LogP contribution in [0.15, 0.2) is 24.4 Å². The third-order valence-corrected chi connectivity index (χ3v) is 7.46. The number of hydrogen-bond donors (Lipinski definition) is 1. The van der Waals surface area contributed by atoms with E-state index in [1.807, 2.05) is 23.1 Å². The lowest BCUT2D eigenvalue weighted by Crippen LogP contribution is -2.59. The fourth-order valence-electron chi connectivity index (χ4n) is 6.52. The van der Waals surface area contributed by atoms with E-state index in [0.29, 0.717) is 5.92 Å². The molecular weight excluding hydrogens is 342 g/mol. The van der Waals surface area contributed by atoms with Crippen LogP contribution in [0.2, 0.25) is 0 Å². The Labute approximate surface area is 159 Å². The molecule has 0 radical (unpaired) electrons. The van der Waals surface area contributed by atoms with E-state index in [0.717, 1.165) is 57.2 Å². The normalized spacial score (nSPS) is 39.6. The molecule has 27 heavy (non-hydrogen) atoms. The highest BCUT2D eigenvalue weighted by atomic mass is 16.6. The Bertz CT molecular complexity index is 736. The van der Waals surface area contributed by atoms with Gasteiger partial charge in [0.2, 0.25) is 5.91 Å². The van der Waals surface area contributed by atoms with Crippen LogP contribution in [-0.4, -0.2) is 34.5 Å². The summed E-state index contributed by atoms with van der Waals surface area (Å²) in [5, 5.41) is 0. The average molecular weight is 369 g/mol. The van der Waals surface area contributed by atoms with E-state index in [4.69, 9.17) is 10.5 Å². The van der Waals surface area contributed by atoms with E-state index in [9.17, 15) is 9.59 Å². The first kappa shape index (κ1) is 17.0. The number of primary amides is 1. The summed E-state index contributed by atoms with van der Waals surface area (Å²) in [5.41, 5.74) is 6.35. The highest BCUT2D eigenvalue weighted by Crippen LogP contribution is 2.60. The van der Waals surface area contributed by atoms with E-state index < -0.39 is 0 Å². The summed E-state index contributed by atoms with van der Waals surface area (Å²) < 4.78 is 6.09. The second kappa shape index (κ2) is 6.21. The van der Waals surface area contributed by atoms with Crippen molar-refractivity contribution >= 4 is 12.0 Å². The van der Waals surface area contributed by atoms with Crippen molar-refractivity contribution in [3.8, 4) is 0 Å². The summed E-state index contributed by atoms with van der Waals surface area (Å²) in [5.74, 6) is 0.978. The van der Waals surface area contributed by atoms with Crippen molar-refractivity contribution in [3.05, 3.63) is 30.1 Å². The lowest BCUT2D eigenvalue weighted by molar-refractivity contribution is -0.161. The topological polar surface area (TPSA) is 85.5 Å². The molecule has 2 amide bonds. The lowest BCUT2D eigenvalue weighted by Gasteiger charge is -2.58. The molecule has 1 aromatic rings. The number of carbonyl (C=O) groups is 2. The molecule has 3 atom stereocenters. The number of rotatable bonds is 3. The third kappa shape index (κ3) is 2.72. The lowest BCUT2D eigenvalue weighted by atomic mass is 9.48. The number of nitrogens with zero attached hydrogens (tertiary/aromatic N) is 2. The third-order valence-electron chi connectivity index (χ3n) is 7.46. The van der Waals surface area contributed by atoms with Crippen LogP contribution in [0.1, 0.15) is 56.7 Å². The van der Waals surface area contributed by atoms with Crippen molar-refractivity contribution < 1.29 is 14.3 Å². The zero-order valence-electron chi connectivity index (χ0n) is 15.5. The number of ether oxygens (including phenoxy) is 1. The zero-order chi connectivity index (χ0) is 18.6. The van der Waals surface area contributed by atoms with E-state index in [-0.39, 0.29) is 41.4 Å². The smallest absolute Gasteiger partial charge is 0.410 e. The van der Waals surface area contributed by atoms with Gasteiger partial charge in [-0.05, 0) is 74.8 Å².